The Labute approximate surface area is 157 Å². The molecule has 0 amide bonds. The first kappa shape index (κ1) is 23.2. The van der Waals surface area contributed by atoms with Gasteiger partial charge < -0.3 is 39.9 Å². The predicted molar refractivity (Wildman–Crippen MR) is 90.2 cm³/mol. The van der Waals surface area contributed by atoms with Crippen LogP contribution in [-0.4, -0.2) is 81.5 Å². The molecule has 0 aromatic heterocycles. The van der Waals surface area contributed by atoms with Crippen molar-refractivity contribution in [1.29, 1.82) is 0 Å². The van der Waals surface area contributed by atoms with Crippen LogP contribution >= 0.6 is 0 Å². The van der Waals surface area contributed by atoms with Crippen molar-refractivity contribution >= 4 is 17.9 Å². The van der Waals surface area contributed by atoms with Gasteiger partial charge in [-0.1, -0.05) is 0 Å². The van der Waals surface area contributed by atoms with Gasteiger partial charge in [-0.2, -0.15) is 0 Å². The molecule has 5 atom stereocenters. The van der Waals surface area contributed by atoms with Crippen molar-refractivity contribution in [3.8, 4) is 0 Å². The molecule has 0 radical (unpaired) electrons. The highest BCUT2D eigenvalue weighted by atomic mass is 16.7. The number of rotatable bonds is 10. The van der Waals surface area contributed by atoms with Crippen LogP contribution in [-0.2, 0) is 42.8 Å². The molecule has 156 valence electrons. The number of carbonyl (C=O) groups is 3. The number of ether oxygens (including phenoxy) is 6. The summed E-state index contributed by atoms with van der Waals surface area (Å²) in [4.78, 5) is 34.1. The first-order chi connectivity index (χ1) is 12.8. The maximum atomic E-state index is 11.5. The Bertz CT molecular complexity index is 502. The maximum absolute atomic E-state index is 11.5. The van der Waals surface area contributed by atoms with Gasteiger partial charge in [0.2, 0.25) is 0 Å². The van der Waals surface area contributed by atoms with Gasteiger partial charge in [0.05, 0.1) is 25.9 Å². The van der Waals surface area contributed by atoms with Crippen LogP contribution < -0.4 is 11.5 Å². The molecular weight excluding hydrogens is 364 g/mol. The minimum atomic E-state index is -1.06. The van der Waals surface area contributed by atoms with Gasteiger partial charge in [0.15, 0.2) is 18.5 Å². The lowest BCUT2D eigenvalue weighted by atomic mass is 9.97. The normalized spacial score (nSPS) is 27.7. The van der Waals surface area contributed by atoms with Gasteiger partial charge >= 0.3 is 17.9 Å². The molecule has 1 saturated heterocycles. The molecular formula is C16H28N2O9. The van der Waals surface area contributed by atoms with Crippen molar-refractivity contribution in [3.63, 3.8) is 0 Å². The van der Waals surface area contributed by atoms with E-state index >= 15 is 0 Å². The quantitative estimate of drug-likeness (QED) is 0.252. The van der Waals surface area contributed by atoms with Crippen molar-refractivity contribution in [2.45, 2.75) is 51.4 Å². The molecule has 1 aliphatic rings. The van der Waals surface area contributed by atoms with Gasteiger partial charge in [-0.3, -0.25) is 14.4 Å². The Morgan fingerprint density at radius 3 is 2.11 bits per heavy atom. The van der Waals surface area contributed by atoms with E-state index in [1.807, 2.05) is 0 Å². The van der Waals surface area contributed by atoms with E-state index in [1.54, 1.807) is 0 Å². The molecule has 1 fully saturated rings. The lowest BCUT2D eigenvalue weighted by molar-refractivity contribution is -0.275. The summed E-state index contributed by atoms with van der Waals surface area (Å²) in [7, 11) is 0. The molecule has 27 heavy (non-hydrogen) atoms. The molecule has 0 bridgehead atoms. The monoisotopic (exact) mass is 392 g/mol. The van der Waals surface area contributed by atoms with E-state index in [0.29, 0.717) is 13.2 Å². The second-order valence-corrected chi connectivity index (χ2v) is 5.84. The number of esters is 3. The molecule has 1 rings (SSSR count). The van der Waals surface area contributed by atoms with Gasteiger partial charge in [0.25, 0.3) is 0 Å². The summed E-state index contributed by atoms with van der Waals surface area (Å²) < 4.78 is 31.9. The third-order valence-electron chi connectivity index (χ3n) is 3.52. The zero-order valence-corrected chi connectivity index (χ0v) is 15.8. The second kappa shape index (κ2) is 11.8. The molecule has 0 saturated carbocycles. The summed E-state index contributed by atoms with van der Waals surface area (Å²) in [6.45, 7) is 4.53. The number of carbonyl (C=O) groups excluding carboxylic acids is 3. The third kappa shape index (κ3) is 8.18. The van der Waals surface area contributed by atoms with E-state index in [0.717, 1.165) is 0 Å². The van der Waals surface area contributed by atoms with Crippen LogP contribution in [0.4, 0.5) is 0 Å². The zero-order chi connectivity index (χ0) is 20.4. The van der Waals surface area contributed by atoms with E-state index < -0.39 is 48.6 Å². The fourth-order valence-corrected chi connectivity index (χ4v) is 2.49. The van der Waals surface area contributed by atoms with E-state index in [-0.39, 0.29) is 19.8 Å². The molecule has 11 nitrogen and oxygen atoms in total. The average Bonchev–Trinajstić information content (AvgIpc) is 2.57. The minimum Gasteiger partial charge on any atom is -0.463 e. The van der Waals surface area contributed by atoms with Crippen LogP contribution in [0.3, 0.4) is 0 Å². The molecule has 0 aliphatic carbocycles. The Morgan fingerprint density at radius 2 is 1.56 bits per heavy atom. The number of nitrogens with two attached hydrogens (primary N) is 2. The van der Waals surface area contributed by atoms with Gasteiger partial charge in [-0.15, -0.1) is 0 Å². The van der Waals surface area contributed by atoms with Crippen LogP contribution in [0.1, 0.15) is 20.8 Å². The summed E-state index contributed by atoms with van der Waals surface area (Å²) in [5.74, 6) is -1.80. The first-order valence-corrected chi connectivity index (χ1v) is 8.54. The van der Waals surface area contributed by atoms with Crippen LogP contribution in [0.2, 0.25) is 0 Å². The summed E-state index contributed by atoms with van der Waals surface area (Å²) >= 11 is 0. The van der Waals surface area contributed by atoms with Crippen LogP contribution in [0.15, 0.2) is 0 Å². The Hall–Kier alpha value is -1.79. The van der Waals surface area contributed by atoms with Gasteiger partial charge in [-0.25, -0.2) is 0 Å². The fraction of sp³-hybridized carbons (Fsp3) is 0.812. The topological polar surface area (TPSA) is 159 Å². The molecule has 4 N–H and O–H groups in total. The molecule has 0 aromatic rings. The largest absolute Gasteiger partial charge is 0.463 e. The van der Waals surface area contributed by atoms with Crippen molar-refractivity contribution in [1.82, 2.24) is 0 Å². The molecule has 1 unspecified atom stereocenters. The summed E-state index contributed by atoms with van der Waals surface area (Å²) in [6, 6.07) is -0.943. The highest BCUT2D eigenvalue weighted by molar-refractivity contribution is 5.67. The van der Waals surface area contributed by atoms with Gasteiger partial charge in [0, 0.05) is 27.3 Å². The molecule has 11 heteroatoms. The lowest BCUT2D eigenvalue weighted by Crippen LogP contribution is -2.64. The number of hydrogen-bond donors (Lipinski definition) is 2. The van der Waals surface area contributed by atoms with Gasteiger partial charge in [0.1, 0.15) is 12.7 Å². The highest BCUT2D eigenvalue weighted by Crippen LogP contribution is 2.26. The standard InChI is InChI=1S/C16H28N2O9/c1-9(19)24-8-12-14(25-10(2)20)15(26-11(3)21)13(18)16(27-12)23-7-6-22-5-4-17/h12-16H,4-8,17-18H2,1-3H3/t12-,13-,14+,15-,16?/m1/s1. The van der Waals surface area contributed by atoms with Crippen molar-refractivity contribution in [2.24, 2.45) is 11.5 Å². The van der Waals surface area contributed by atoms with Crippen LogP contribution in [0.25, 0.3) is 0 Å². The number of hydrogen-bond acceptors (Lipinski definition) is 11. The van der Waals surface area contributed by atoms with Crippen LogP contribution in [0, 0.1) is 0 Å². The Kier molecular flexibility index (Phi) is 10.2. The van der Waals surface area contributed by atoms with Gasteiger partial charge in [-0.05, 0) is 0 Å². The predicted octanol–water partition coefficient (Wildman–Crippen LogP) is -1.54. The molecule has 0 spiro atoms. The Morgan fingerprint density at radius 1 is 0.926 bits per heavy atom. The molecule has 0 aromatic carbocycles. The SMILES string of the molecule is CC(=O)OC[C@H]1OC(OCCOCCN)[C@H](N)[C@@H](OC(C)=O)[C@H]1OC(C)=O. The maximum Gasteiger partial charge on any atom is 0.303 e. The van der Waals surface area contributed by atoms with E-state index in [2.05, 4.69) is 0 Å². The second-order valence-electron chi connectivity index (χ2n) is 5.84. The molecule has 1 aliphatic heterocycles. The first-order valence-electron chi connectivity index (χ1n) is 8.54. The van der Waals surface area contributed by atoms with Crippen molar-refractivity contribution in [3.05, 3.63) is 0 Å². The van der Waals surface area contributed by atoms with Crippen molar-refractivity contribution in [2.75, 3.05) is 33.0 Å². The highest BCUT2D eigenvalue weighted by Gasteiger charge is 2.49. The van der Waals surface area contributed by atoms with E-state index in [1.165, 1.54) is 20.8 Å². The average molecular weight is 392 g/mol. The smallest absolute Gasteiger partial charge is 0.303 e. The van der Waals surface area contributed by atoms with Crippen molar-refractivity contribution < 1.29 is 42.8 Å². The van der Waals surface area contributed by atoms with E-state index in [9.17, 15) is 14.4 Å². The zero-order valence-electron chi connectivity index (χ0n) is 15.8. The van der Waals surface area contributed by atoms with E-state index in [4.69, 9.17) is 39.9 Å². The molecule has 1 heterocycles. The minimum absolute atomic E-state index is 0.143. The third-order valence-corrected chi connectivity index (χ3v) is 3.52. The summed E-state index contributed by atoms with van der Waals surface area (Å²) in [5, 5.41) is 0. The Balaban J connectivity index is 2.89. The summed E-state index contributed by atoms with van der Waals surface area (Å²) in [5.41, 5.74) is 11.4. The van der Waals surface area contributed by atoms with Crippen LogP contribution in [0.5, 0.6) is 0 Å². The lowest BCUT2D eigenvalue weighted by Gasteiger charge is -2.43. The fourth-order valence-electron chi connectivity index (χ4n) is 2.49. The summed E-state index contributed by atoms with van der Waals surface area (Å²) in [6.07, 6.45) is -4.04.